The van der Waals surface area contributed by atoms with Crippen molar-refractivity contribution in [1.29, 1.82) is 0 Å². The Kier molecular flexibility index (Phi) is 5.05. The second-order valence-electron chi connectivity index (χ2n) is 6.51. The van der Waals surface area contributed by atoms with Crippen molar-refractivity contribution in [1.82, 2.24) is 15.1 Å². The maximum Gasteiger partial charge on any atom is 0.0145 e. The number of fused-ring (bicyclic) bond motifs is 1. The first-order valence-corrected chi connectivity index (χ1v) is 7.73. The monoisotopic (exact) mass is 253 g/mol. The van der Waals surface area contributed by atoms with Crippen molar-refractivity contribution < 1.29 is 0 Å². The topological polar surface area (TPSA) is 18.5 Å². The van der Waals surface area contributed by atoms with Gasteiger partial charge in [0.1, 0.15) is 0 Å². The van der Waals surface area contributed by atoms with Crippen LogP contribution in [0.25, 0.3) is 0 Å². The van der Waals surface area contributed by atoms with Gasteiger partial charge in [-0.1, -0.05) is 0 Å². The highest BCUT2D eigenvalue weighted by Crippen LogP contribution is 2.30. The van der Waals surface area contributed by atoms with Crippen LogP contribution in [0.5, 0.6) is 0 Å². The molecule has 2 heterocycles. The number of rotatable bonds is 4. The van der Waals surface area contributed by atoms with Gasteiger partial charge < -0.3 is 15.1 Å². The first kappa shape index (κ1) is 14.3. The van der Waals surface area contributed by atoms with Crippen LogP contribution >= 0.6 is 0 Å². The lowest BCUT2D eigenvalue weighted by Crippen LogP contribution is -2.54. The molecule has 0 spiro atoms. The van der Waals surface area contributed by atoms with E-state index < -0.39 is 0 Å². The summed E-state index contributed by atoms with van der Waals surface area (Å²) in [5.41, 5.74) is 0. The molecule has 0 bridgehead atoms. The second kappa shape index (κ2) is 6.36. The summed E-state index contributed by atoms with van der Waals surface area (Å²) >= 11 is 0. The van der Waals surface area contributed by atoms with Crippen molar-refractivity contribution in [3.8, 4) is 0 Å². The Hall–Kier alpha value is -0.120. The number of likely N-dealkylation sites (tertiary alicyclic amines) is 2. The van der Waals surface area contributed by atoms with Crippen LogP contribution in [0.1, 0.15) is 39.5 Å². The minimum absolute atomic E-state index is 0.631. The fourth-order valence-electron chi connectivity index (χ4n) is 3.86. The molecule has 2 aliphatic heterocycles. The van der Waals surface area contributed by atoms with E-state index in [1.165, 1.54) is 45.3 Å². The number of nitrogens with zero attached hydrogens (tertiary/aromatic N) is 2. The summed E-state index contributed by atoms with van der Waals surface area (Å²) in [5.74, 6) is 0.921. The molecule has 0 aromatic carbocycles. The van der Waals surface area contributed by atoms with Gasteiger partial charge in [0.15, 0.2) is 0 Å². The van der Waals surface area contributed by atoms with Crippen LogP contribution in [0.3, 0.4) is 0 Å². The third-order valence-electron chi connectivity index (χ3n) is 5.19. The van der Waals surface area contributed by atoms with Gasteiger partial charge in [0.25, 0.3) is 0 Å². The molecule has 0 amide bonds. The van der Waals surface area contributed by atoms with Crippen LogP contribution in [0.15, 0.2) is 0 Å². The SMILES string of the molecule is CNC(C)CC(C)N1CCC2C(CCCN2C)C1. The largest absolute Gasteiger partial charge is 0.317 e. The minimum atomic E-state index is 0.631. The normalized spacial score (nSPS) is 34.0. The van der Waals surface area contributed by atoms with Crippen LogP contribution < -0.4 is 5.32 Å². The number of hydrogen-bond donors (Lipinski definition) is 1. The molecule has 2 rings (SSSR count). The van der Waals surface area contributed by atoms with Crippen molar-refractivity contribution in [3.05, 3.63) is 0 Å². The molecule has 0 aliphatic carbocycles. The number of piperidine rings is 2. The van der Waals surface area contributed by atoms with Crippen LogP contribution in [0.2, 0.25) is 0 Å². The quantitative estimate of drug-likeness (QED) is 0.824. The van der Waals surface area contributed by atoms with Gasteiger partial charge in [0.05, 0.1) is 0 Å². The second-order valence-corrected chi connectivity index (χ2v) is 6.51. The van der Waals surface area contributed by atoms with Gasteiger partial charge in [-0.2, -0.15) is 0 Å². The Morgan fingerprint density at radius 1 is 1.22 bits per heavy atom. The van der Waals surface area contributed by atoms with Crippen LogP contribution in [-0.4, -0.2) is 61.7 Å². The Bertz CT molecular complexity index is 256. The Morgan fingerprint density at radius 3 is 2.72 bits per heavy atom. The van der Waals surface area contributed by atoms with E-state index in [4.69, 9.17) is 0 Å². The summed E-state index contributed by atoms with van der Waals surface area (Å²) in [5, 5.41) is 3.36. The van der Waals surface area contributed by atoms with E-state index in [-0.39, 0.29) is 0 Å². The smallest absolute Gasteiger partial charge is 0.0145 e. The molecule has 3 heteroatoms. The molecule has 18 heavy (non-hydrogen) atoms. The van der Waals surface area contributed by atoms with Crippen LogP contribution in [0, 0.1) is 5.92 Å². The van der Waals surface area contributed by atoms with Gasteiger partial charge in [-0.3, -0.25) is 0 Å². The first-order chi connectivity index (χ1) is 8.61. The van der Waals surface area contributed by atoms with Crippen molar-refractivity contribution in [2.75, 3.05) is 33.7 Å². The van der Waals surface area contributed by atoms with Crippen LogP contribution in [0.4, 0.5) is 0 Å². The summed E-state index contributed by atoms with van der Waals surface area (Å²) in [6, 6.07) is 2.22. The first-order valence-electron chi connectivity index (χ1n) is 7.73. The third-order valence-corrected chi connectivity index (χ3v) is 5.19. The van der Waals surface area contributed by atoms with Gasteiger partial charge in [-0.05, 0) is 72.6 Å². The highest BCUT2D eigenvalue weighted by molar-refractivity contribution is 4.90. The van der Waals surface area contributed by atoms with Crippen molar-refractivity contribution in [2.24, 2.45) is 5.92 Å². The molecule has 0 aromatic heterocycles. The molecule has 1 N–H and O–H groups in total. The number of hydrogen-bond acceptors (Lipinski definition) is 3. The predicted octanol–water partition coefficient (Wildman–Crippen LogP) is 1.79. The van der Waals surface area contributed by atoms with E-state index in [2.05, 4.69) is 43.1 Å². The standard InChI is InChI=1S/C15H31N3/c1-12(16-3)10-13(2)18-9-7-15-14(11-18)6-5-8-17(15)4/h12-16H,5-11H2,1-4H3. The predicted molar refractivity (Wildman–Crippen MR) is 77.9 cm³/mol. The molecule has 0 radical (unpaired) electrons. The minimum Gasteiger partial charge on any atom is -0.317 e. The summed E-state index contributed by atoms with van der Waals surface area (Å²) in [6.45, 7) is 8.63. The summed E-state index contributed by atoms with van der Waals surface area (Å²) in [6.07, 6.45) is 5.48. The zero-order valence-corrected chi connectivity index (χ0v) is 12.7. The zero-order valence-electron chi connectivity index (χ0n) is 12.7. The van der Waals surface area contributed by atoms with Gasteiger partial charge in [0, 0.05) is 24.7 Å². The Morgan fingerprint density at radius 2 is 2.00 bits per heavy atom. The zero-order chi connectivity index (χ0) is 13.1. The van der Waals surface area contributed by atoms with Crippen LogP contribution in [-0.2, 0) is 0 Å². The summed E-state index contributed by atoms with van der Waals surface area (Å²) in [7, 11) is 4.39. The average molecular weight is 253 g/mol. The Labute approximate surface area is 113 Å². The molecule has 2 saturated heterocycles. The van der Waals surface area contributed by atoms with E-state index in [1.807, 2.05) is 0 Å². The molecule has 4 atom stereocenters. The molecule has 2 fully saturated rings. The van der Waals surface area contributed by atoms with Gasteiger partial charge >= 0.3 is 0 Å². The highest BCUT2D eigenvalue weighted by atomic mass is 15.2. The lowest BCUT2D eigenvalue weighted by Gasteiger charge is -2.47. The lowest BCUT2D eigenvalue weighted by molar-refractivity contribution is 0.0204. The molecule has 4 unspecified atom stereocenters. The Balaban J connectivity index is 1.86. The molecular formula is C15H31N3. The maximum atomic E-state index is 3.36. The maximum absolute atomic E-state index is 3.36. The van der Waals surface area contributed by atoms with E-state index in [0.717, 1.165) is 18.0 Å². The fourth-order valence-corrected chi connectivity index (χ4v) is 3.86. The highest BCUT2D eigenvalue weighted by Gasteiger charge is 2.35. The number of nitrogens with one attached hydrogen (secondary N) is 1. The molecule has 106 valence electrons. The van der Waals surface area contributed by atoms with E-state index >= 15 is 0 Å². The average Bonchev–Trinajstić information content (AvgIpc) is 2.38. The lowest BCUT2D eigenvalue weighted by atomic mass is 9.83. The fraction of sp³-hybridized carbons (Fsp3) is 1.00. The van der Waals surface area contributed by atoms with Gasteiger partial charge in [-0.25, -0.2) is 0 Å². The molecular weight excluding hydrogens is 222 g/mol. The van der Waals surface area contributed by atoms with Gasteiger partial charge in [-0.15, -0.1) is 0 Å². The molecule has 2 aliphatic rings. The summed E-state index contributed by atoms with van der Waals surface area (Å²) < 4.78 is 0. The van der Waals surface area contributed by atoms with Crippen molar-refractivity contribution in [2.45, 2.75) is 57.7 Å². The third kappa shape index (κ3) is 3.25. The van der Waals surface area contributed by atoms with E-state index in [1.54, 1.807) is 0 Å². The van der Waals surface area contributed by atoms with Crippen molar-refractivity contribution in [3.63, 3.8) is 0 Å². The molecule has 3 nitrogen and oxygen atoms in total. The molecule has 0 aromatic rings. The van der Waals surface area contributed by atoms with Gasteiger partial charge in [0.2, 0.25) is 0 Å². The van der Waals surface area contributed by atoms with E-state index in [0.29, 0.717) is 6.04 Å². The van der Waals surface area contributed by atoms with Crippen molar-refractivity contribution >= 4 is 0 Å². The molecule has 0 saturated carbocycles. The van der Waals surface area contributed by atoms with E-state index in [9.17, 15) is 0 Å². The summed E-state index contributed by atoms with van der Waals surface area (Å²) in [4.78, 5) is 5.33.